The van der Waals surface area contributed by atoms with Gasteiger partial charge >= 0.3 is 0 Å². The minimum atomic E-state index is -0.149. The predicted molar refractivity (Wildman–Crippen MR) is 107 cm³/mol. The summed E-state index contributed by atoms with van der Waals surface area (Å²) in [6.07, 6.45) is 5.20. The van der Waals surface area contributed by atoms with Gasteiger partial charge in [0.25, 0.3) is 5.91 Å². The van der Waals surface area contributed by atoms with E-state index in [1.165, 1.54) is 5.56 Å². The summed E-state index contributed by atoms with van der Waals surface area (Å²) in [5.41, 5.74) is 3.46. The van der Waals surface area contributed by atoms with Crippen LogP contribution in [0.15, 0.2) is 46.9 Å². The minimum absolute atomic E-state index is 0.149. The summed E-state index contributed by atoms with van der Waals surface area (Å²) in [7, 11) is 0. The first kappa shape index (κ1) is 17.3. The van der Waals surface area contributed by atoms with Crippen LogP contribution in [0.3, 0.4) is 0 Å². The van der Waals surface area contributed by atoms with E-state index in [1.54, 1.807) is 12.1 Å². The van der Waals surface area contributed by atoms with Crippen molar-refractivity contribution in [2.75, 3.05) is 16.8 Å². The SMILES string of the molecule is O=C(Nc1ccc2c(c1)N(C(=O)C1CCCC1)CC2)c1ccc(Br)cc1. The number of hydrogen-bond donors (Lipinski definition) is 1. The van der Waals surface area contributed by atoms with Crippen LogP contribution in [0.5, 0.6) is 0 Å². The number of fused-ring (bicyclic) bond motifs is 1. The fourth-order valence-corrected chi connectivity index (χ4v) is 4.15. The van der Waals surface area contributed by atoms with E-state index in [2.05, 4.69) is 21.2 Å². The van der Waals surface area contributed by atoms with Gasteiger partial charge < -0.3 is 10.2 Å². The number of amides is 2. The average molecular weight is 413 g/mol. The molecule has 1 N–H and O–H groups in total. The molecule has 0 radical (unpaired) electrons. The Kier molecular flexibility index (Phi) is 4.81. The van der Waals surface area contributed by atoms with Crippen molar-refractivity contribution in [3.63, 3.8) is 0 Å². The number of halogens is 1. The van der Waals surface area contributed by atoms with E-state index in [9.17, 15) is 9.59 Å². The maximum Gasteiger partial charge on any atom is 0.255 e. The van der Waals surface area contributed by atoms with Crippen LogP contribution in [0.1, 0.15) is 41.6 Å². The summed E-state index contributed by atoms with van der Waals surface area (Å²) in [4.78, 5) is 27.2. The quantitative estimate of drug-likeness (QED) is 0.788. The van der Waals surface area contributed by atoms with Crippen molar-refractivity contribution in [1.29, 1.82) is 0 Å². The fraction of sp³-hybridized carbons (Fsp3) is 0.333. The van der Waals surface area contributed by atoms with Crippen molar-refractivity contribution in [2.24, 2.45) is 5.92 Å². The summed E-state index contributed by atoms with van der Waals surface area (Å²) in [6.45, 7) is 0.745. The van der Waals surface area contributed by atoms with Crippen LogP contribution >= 0.6 is 15.9 Å². The zero-order valence-corrected chi connectivity index (χ0v) is 16.1. The number of rotatable bonds is 3. The number of anilines is 2. The van der Waals surface area contributed by atoms with Crippen molar-refractivity contribution < 1.29 is 9.59 Å². The van der Waals surface area contributed by atoms with Gasteiger partial charge in [0.1, 0.15) is 0 Å². The molecule has 5 heteroatoms. The number of nitrogens with one attached hydrogen (secondary N) is 1. The van der Waals surface area contributed by atoms with Gasteiger partial charge in [-0.3, -0.25) is 9.59 Å². The monoisotopic (exact) mass is 412 g/mol. The van der Waals surface area contributed by atoms with Gasteiger partial charge in [0.05, 0.1) is 0 Å². The molecule has 4 nitrogen and oxygen atoms in total. The molecule has 0 saturated heterocycles. The first-order chi connectivity index (χ1) is 12.6. The molecule has 1 heterocycles. The predicted octanol–water partition coefficient (Wildman–Crippen LogP) is 4.78. The Hall–Kier alpha value is -2.14. The molecule has 1 saturated carbocycles. The van der Waals surface area contributed by atoms with Gasteiger partial charge in [0.15, 0.2) is 0 Å². The molecule has 0 spiro atoms. The Labute approximate surface area is 161 Å². The molecule has 0 bridgehead atoms. The summed E-state index contributed by atoms with van der Waals surface area (Å²) >= 11 is 3.37. The third-order valence-electron chi connectivity index (χ3n) is 5.32. The lowest BCUT2D eigenvalue weighted by atomic mass is 10.1. The standard InChI is InChI=1S/C21H21BrN2O2/c22-17-8-5-15(6-9-17)20(25)23-18-10-7-14-11-12-24(19(14)13-18)21(26)16-3-1-2-4-16/h5-10,13,16H,1-4,11-12H2,(H,23,25). The number of hydrogen-bond acceptors (Lipinski definition) is 2. The van der Waals surface area contributed by atoms with Crippen LogP contribution in [0.4, 0.5) is 11.4 Å². The first-order valence-corrected chi connectivity index (χ1v) is 9.92. The Balaban J connectivity index is 1.53. The van der Waals surface area contributed by atoms with Crippen LogP contribution in [0.2, 0.25) is 0 Å². The van der Waals surface area contributed by atoms with Gasteiger partial charge in [-0.1, -0.05) is 34.8 Å². The Morgan fingerprint density at radius 2 is 1.77 bits per heavy atom. The molecule has 2 aromatic rings. The molecule has 1 aliphatic carbocycles. The Morgan fingerprint density at radius 1 is 1.04 bits per heavy atom. The maximum atomic E-state index is 12.8. The largest absolute Gasteiger partial charge is 0.322 e. The fourth-order valence-electron chi connectivity index (χ4n) is 3.88. The normalized spacial score (nSPS) is 16.6. The molecule has 2 aliphatic rings. The van der Waals surface area contributed by atoms with Crippen LogP contribution < -0.4 is 10.2 Å². The first-order valence-electron chi connectivity index (χ1n) is 9.13. The van der Waals surface area contributed by atoms with Gasteiger partial charge in [-0.25, -0.2) is 0 Å². The number of carbonyl (C=O) groups is 2. The van der Waals surface area contributed by atoms with E-state index in [0.29, 0.717) is 5.56 Å². The van der Waals surface area contributed by atoms with Crippen LogP contribution in [-0.4, -0.2) is 18.4 Å². The van der Waals surface area contributed by atoms with E-state index in [4.69, 9.17) is 0 Å². The van der Waals surface area contributed by atoms with Crippen molar-refractivity contribution in [3.05, 3.63) is 58.1 Å². The van der Waals surface area contributed by atoms with E-state index >= 15 is 0 Å². The molecule has 2 amide bonds. The van der Waals surface area contributed by atoms with Gasteiger partial charge in [0, 0.05) is 33.9 Å². The molecule has 1 aliphatic heterocycles. The van der Waals surface area contributed by atoms with Crippen LogP contribution in [0.25, 0.3) is 0 Å². The third kappa shape index (κ3) is 3.40. The molecule has 1 fully saturated rings. The summed E-state index contributed by atoms with van der Waals surface area (Å²) in [5.74, 6) is 0.267. The highest BCUT2D eigenvalue weighted by atomic mass is 79.9. The van der Waals surface area contributed by atoms with Crippen LogP contribution in [0, 0.1) is 5.92 Å². The molecule has 4 rings (SSSR count). The molecule has 2 aromatic carbocycles. The lowest BCUT2D eigenvalue weighted by Crippen LogP contribution is -2.33. The second kappa shape index (κ2) is 7.23. The number of nitrogens with zero attached hydrogens (tertiary/aromatic N) is 1. The topological polar surface area (TPSA) is 49.4 Å². The van der Waals surface area contributed by atoms with Gasteiger partial charge in [-0.05, 0) is 61.2 Å². The Morgan fingerprint density at radius 3 is 2.50 bits per heavy atom. The van der Waals surface area contributed by atoms with E-state index in [-0.39, 0.29) is 17.7 Å². The molecule has 134 valence electrons. The minimum Gasteiger partial charge on any atom is -0.322 e. The molecular formula is C21H21BrN2O2. The van der Waals surface area contributed by atoms with E-state index in [1.807, 2.05) is 35.2 Å². The molecule has 0 unspecified atom stereocenters. The van der Waals surface area contributed by atoms with Gasteiger partial charge in [-0.2, -0.15) is 0 Å². The molecular weight excluding hydrogens is 392 g/mol. The molecule has 26 heavy (non-hydrogen) atoms. The van der Waals surface area contributed by atoms with Gasteiger partial charge in [0.2, 0.25) is 5.91 Å². The lowest BCUT2D eigenvalue weighted by molar-refractivity contribution is -0.122. The molecule has 0 aromatic heterocycles. The highest BCUT2D eigenvalue weighted by Crippen LogP contribution is 2.35. The number of benzene rings is 2. The van der Waals surface area contributed by atoms with Crippen LogP contribution in [-0.2, 0) is 11.2 Å². The summed E-state index contributed by atoms with van der Waals surface area (Å²) in [6, 6.07) is 13.1. The molecule has 0 atom stereocenters. The smallest absolute Gasteiger partial charge is 0.255 e. The average Bonchev–Trinajstić information content (AvgIpc) is 3.31. The summed E-state index contributed by atoms with van der Waals surface area (Å²) in [5, 5.41) is 2.94. The lowest BCUT2D eigenvalue weighted by Gasteiger charge is -2.21. The van der Waals surface area contributed by atoms with Gasteiger partial charge in [-0.15, -0.1) is 0 Å². The Bertz CT molecular complexity index is 842. The third-order valence-corrected chi connectivity index (χ3v) is 5.84. The van der Waals surface area contributed by atoms with Crippen molar-refractivity contribution in [3.8, 4) is 0 Å². The van der Waals surface area contributed by atoms with Crippen molar-refractivity contribution in [1.82, 2.24) is 0 Å². The second-order valence-corrected chi connectivity index (χ2v) is 7.94. The van der Waals surface area contributed by atoms with Crippen molar-refractivity contribution >= 4 is 39.1 Å². The van der Waals surface area contributed by atoms with E-state index in [0.717, 1.165) is 54.5 Å². The van der Waals surface area contributed by atoms with Crippen molar-refractivity contribution in [2.45, 2.75) is 32.1 Å². The number of carbonyl (C=O) groups excluding carboxylic acids is 2. The highest BCUT2D eigenvalue weighted by Gasteiger charge is 2.31. The highest BCUT2D eigenvalue weighted by molar-refractivity contribution is 9.10. The maximum absolute atomic E-state index is 12.8. The second-order valence-electron chi connectivity index (χ2n) is 7.03. The zero-order chi connectivity index (χ0) is 18.1. The van der Waals surface area contributed by atoms with E-state index < -0.39 is 0 Å². The summed E-state index contributed by atoms with van der Waals surface area (Å²) < 4.78 is 0.938. The zero-order valence-electron chi connectivity index (χ0n) is 14.5.